The number of ether oxygens (including phenoxy) is 3. The average molecular weight is 354 g/mol. The molecule has 0 aliphatic heterocycles. The fraction of sp³-hybridized carbons (Fsp3) is 0.300. The van der Waals surface area contributed by atoms with Crippen LogP contribution in [0.25, 0.3) is 5.57 Å². The summed E-state index contributed by atoms with van der Waals surface area (Å²) in [5.41, 5.74) is 3.05. The first-order valence-electron chi connectivity index (χ1n) is 8.36. The van der Waals surface area contributed by atoms with Crippen molar-refractivity contribution in [3.05, 3.63) is 53.1 Å². The molecule has 1 heterocycles. The van der Waals surface area contributed by atoms with Crippen LogP contribution >= 0.6 is 0 Å². The normalized spacial score (nSPS) is 13.7. The average Bonchev–Trinajstić information content (AvgIpc) is 3.16. The number of aromatic nitrogens is 2. The number of benzene rings is 1. The minimum absolute atomic E-state index is 0.193. The number of carbonyl (C=O) groups excluding carboxylic acids is 1. The molecular formula is C20H22N2O4. The summed E-state index contributed by atoms with van der Waals surface area (Å²) >= 11 is 0. The summed E-state index contributed by atoms with van der Waals surface area (Å²) < 4.78 is 15.9. The SMILES string of the molecule is COc1cc(C(=O)c2cnc(C3=CCCC=C3C)[nH]2)cc(OC)c1OC. The summed E-state index contributed by atoms with van der Waals surface area (Å²) in [6, 6.07) is 3.27. The Labute approximate surface area is 152 Å². The van der Waals surface area contributed by atoms with Gasteiger partial charge in [0.15, 0.2) is 11.5 Å². The van der Waals surface area contributed by atoms with Gasteiger partial charge in [-0.15, -0.1) is 0 Å². The molecule has 0 atom stereocenters. The van der Waals surface area contributed by atoms with Crippen LogP contribution in [0.4, 0.5) is 0 Å². The maximum absolute atomic E-state index is 12.9. The van der Waals surface area contributed by atoms with Crippen molar-refractivity contribution in [1.29, 1.82) is 0 Å². The molecule has 0 saturated heterocycles. The molecule has 1 aliphatic rings. The Bertz CT molecular complexity index is 868. The summed E-state index contributed by atoms with van der Waals surface area (Å²) in [5, 5.41) is 0. The lowest BCUT2D eigenvalue weighted by Gasteiger charge is -2.13. The molecule has 1 aromatic heterocycles. The molecule has 1 aromatic carbocycles. The summed E-state index contributed by atoms with van der Waals surface area (Å²) in [5.74, 6) is 1.83. The van der Waals surface area contributed by atoms with Crippen molar-refractivity contribution in [3.63, 3.8) is 0 Å². The van der Waals surface area contributed by atoms with Gasteiger partial charge in [0.2, 0.25) is 11.5 Å². The third-order valence-electron chi connectivity index (χ3n) is 4.39. The highest BCUT2D eigenvalue weighted by atomic mass is 16.5. The molecule has 136 valence electrons. The largest absolute Gasteiger partial charge is 0.493 e. The quantitative estimate of drug-likeness (QED) is 0.799. The van der Waals surface area contributed by atoms with Gasteiger partial charge in [-0.2, -0.15) is 0 Å². The van der Waals surface area contributed by atoms with E-state index < -0.39 is 0 Å². The van der Waals surface area contributed by atoms with Crippen LogP contribution in [-0.2, 0) is 0 Å². The fourth-order valence-electron chi connectivity index (χ4n) is 3.02. The lowest BCUT2D eigenvalue weighted by molar-refractivity contribution is 0.103. The molecule has 26 heavy (non-hydrogen) atoms. The van der Waals surface area contributed by atoms with Crippen molar-refractivity contribution in [3.8, 4) is 17.2 Å². The molecule has 0 unspecified atom stereocenters. The molecule has 0 amide bonds. The van der Waals surface area contributed by atoms with Gasteiger partial charge < -0.3 is 19.2 Å². The van der Waals surface area contributed by atoms with Crippen LogP contribution < -0.4 is 14.2 Å². The fourth-order valence-corrected chi connectivity index (χ4v) is 3.02. The van der Waals surface area contributed by atoms with Gasteiger partial charge in [0.05, 0.1) is 27.5 Å². The van der Waals surface area contributed by atoms with E-state index in [-0.39, 0.29) is 5.78 Å². The number of methoxy groups -OCH3 is 3. The van der Waals surface area contributed by atoms with Gasteiger partial charge >= 0.3 is 0 Å². The van der Waals surface area contributed by atoms with Crippen molar-refractivity contribution < 1.29 is 19.0 Å². The second-order valence-electron chi connectivity index (χ2n) is 5.97. The van der Waals surface area contributed by atoms with Gasteiger partial charge in [-0.25, -0.2) is 4.98 Å². The molecule has 1 N–H and O–H groups in total. The van der Waals surface area contributed by atoms with E-state index in [0.717, 1.165) is 24.0 Å². The van der Waals surface area contributed by atoms with Crippen molar-refractivity contribution in [1.82, 2.24) is 9.97 Å². The predicted octanol–water partition coefficient (Wildman–Crippen LogP) is 3.79. The summed E-state index contributed by atoms with van der Waals surface area (Å²) in [6.45, 7) is 2.05. The second-order valence-corrected chi connectivity index (χ2v) is 5.97. The van der Waals surface area contributed by atoms with Crippen LogP contribution in [0, 0.1) is 0 Å². The Balaban J connectivity index is 1.95. The zero-order valence-corrected chi connectivity index (χ0v) is 15.4. The van der Waals surface area contributed by atoms with Crippen molar-refractivity contribution in [2.24, 2.45) is 0 Å². The van der Waals surface area contributed by atoms with E-state index in [1.165, 1.54) is 21.3 Å². The Kier molecular flexibility index (Phi) is 5.11. The van der Waals surface area contributed by atoms with E-state index in [0.29, 0.717) is 34.3 Å². The van der Waals surface area contributed by atoms with Crippen LogP contribution in [0.5, 0.6) is 17.2 Å². The third kappa shape index (κ3) is 3.22. The van der Waals surface area contributed by atoms with Gasteiger partial charge in [0.25, 0.3) is 0 Å². The Morgan fingerprint density at radius 2 is 1.69 bits per heavy atom. The van der Waals surface area contributed by atoms with E-state index in [1.807, 2.05) is 6.92 Å². The first-order chi connectivity index (χ1) is 12.6. The number of H-pyrrole nitrogens is 1. The number of hydrogen-bond donors (Lipinski definition) is 1. The number of carbonyl (C=O) groups is 1. The summed E-state index contributed by atoms with van der Waals surface area (Å²) in [4.78, 5) is 20.4. The van der Waals surface area contributed by atoms with Crippen LogP contribution in [-0.4, -0.2) is 37.1 Å². The first kappa shape index (κ1) is 17.8. The standard InChI is InChI=1S/C20H22N2O4/c1-12-7-5-6-8-14(12)20-21-11-15(22-20)18(23)13-9-16(24-2)19(26-4)17(10-13)25-3/h7-11H,5-6H2,1-4H3,(H,21,22). The number of nitrogens with zero attached hydrogens (tertiary/aromatic N) is 1. The summed E-state index contributed by atoms with van der Waals surface area (Å²) in [7, 11) is 4.56. The van der Waals surface area contributed by atoms with Crippen molar-refractivity contribution >= 4 is 11.4 Å². The topological polar surface area (TPSA) is 73.4 Å². The third-order valence-corrected chi connectivity index (χ3v) is 4.39. The minimum Gasteiger partial charge on any atom is -0.493 e. The highest BCUT2D eigenvalue weighted by Gasteiger charge is 2.20. The molecule has 0 fully saturated rings. The van der Waals surface area contributed by atoms with Crippen LogP contribution in [0.1, 0.15) is 41.6 Å². The van der Waals surface area contributed by atoms with Gasteiger partial charge in [-0.1, -0.05) is 12.2 Å². The molecule has 6 heteroatoms. The number of hydrogen-bond acceptors (Lipinski definition) is 5. The number of aromatic amines is 1. The Hall–Kier alpha value is -3.02. The maximum atomic E-state index is 12.9. The monoisotopic (exact) mass is 354 g/mol. The number of rotatable bonds is 6. The van der Waals surface area contributed by atoms with Gasteiger partial charge in [0, 0.05) is 11.1 Å². The highest BCUT2D eigenvalue weighted by molar-refractivity contribution is 6.08. The smallest absolute Gasteiger partial charge is 0.211 e. The number of ketones is 1. The predicted molar refractivity (Wildman–Crippen MR) is 99.1 cm³/mol. The summed E-state index contributed by atoms with van der Waals surface area (Å²) in [6.07, 6.45) is 7.89. The lowest BCUT2D eigenvalue weighted by Crippen LogP contribution is -2.05. The molecule has 1 aliphatic carbocycles. The van der Waals surface area contributed by atoms with Gasteiger partial charge in [-0.05, 0) is 37.5 Å². The molecule has 6 nitrogen and oxygen atoms in total. The second kappa shape index (κ2) is 7.47. The number of allylic oxidation sites excluding steroid dienone is 4. The van der Waals surface area contributed by atoms with E-state index in [9.17, 15) is 4.79 Å². The van der Waals surface area contributed by atoms with E-state index in [1.54, 1.807) is 18.3 Å². The molecule has 0 spiro atoms. The molecule has 0 radical (unpaired) electrons. The minimum atomic E-state index is -0.193. The zero-order chi connectivity index (χ0) is 18.7. The Morgan fingerprint density at radius 3 is 2.27 bits per heavy atom. The molecule has 3 rings (SSSR count). The van der Waals surface area contributed by atoms with Crippen LogP contribution in [0.15, 0.2) is 36.1 Å². The lowest BCUT2D eigenvalue weighted by atomic mass is 9.99. The first-order valence-corrected chi connectivity index (χ1v) is 8.36. The molecule has 0 bridgehead atoms. The van der Waals surface area contributed by atoms with Crippen LogP contribution in [0.3, 0.4) is 0 Å². The van der Waals surface area contributed by atoms with E-state index >= 15 is 0 Å². The van der Waals surface area contributed by atoms with E-state index in [2.05, 4.69) is 22.1 Å². The molecular weight excluding hydrogens is 332 g/mol. The number of imidazole rings is 1. The highest BCUT2D eigenvalue weighted by Crippen LogP contribution is 2.38. The van der Waals surface area contributed by atoms with Crippen molar-refractivity contribution in [2.45, 2.75) is 19.8 Å². The molecule has 0 saturated carbocycles. The zero-order valence-electron chi connectivity index (χ0n) is 15.4. The van der Waals surface area contributed by atoms with Gasteiger partial charge in [-0.3, -0.25) is 4.79 Å². The Morgan fingerprint density at radius 1 is 1.04 bits per heavy atom. The maximum Gasteiger partial charge on any atom is 0.211 e. The molecule has 2 aromatic rings. The van der Waals surface area contributed by atoms with Gasteiger partial charge in [0.1, 0.15) is 11.5 Å². The van der Waals surface area contributed by atoms with Crippen molar-refractivity contribution in [2.75, 3.05) is 21.3 Å². The number of nitrogens with one attached hydrogen (secondary N) is 1. The van der Waals surface area contributed by atoms with E-state index in [4.69, 9.17) is 14.2 Å². The van der Waals surface area contributed by atoms with Crippen LogP contribution in [0.2, 0.25) is 0 Å².